The van der Waals surface area contributed by atoms with Crippen LogP contribution in [0.5, 0.6) is 0 Å². The second kappa shape index (κ2) is 10.3. The van der Waals surface area contributed by atoms with Crippen LogP contribution in [-0.2, 0) is 4.74 Å². The number of amides is 1. The molecule has 2 aromatic rings. The summed E-state index contributed by atoms with van der Waals surface area (Å²) >= 11 is 0. The average molecular weight is 514 g/mol. The summed E-state index contributed by atoms with van der Waals surface area (Å²) in [4.78, 5) is 33.9. The zero-order chi connectivity index (χ0) is 27.1. The maximum absolute atomic E-state index is 14.1. The van der Waals surface area contributed by atoms with E-state index in [-0.39, 0.29) is 5.78 Å². The van der Waals surface area contributed by atoms with E-state index in [9.17, 15) is 9.59 Å². The number of fused-ring (bicyclic) bond motifs is 1. The zero-order valence-electron chi connectivity index (χ0n) is 24.1. The van der Waals surface area contributed by atoms with E-state index in [0.717, 1.165) is 23.9 Å². The molecule has 0 bridgehead atoms. The molecule has 36 heavy (non-hydrogen) atoms. The molecule has 6 nitrogen and oxygen atoms in total. The lowest BCUT2D eigenvalue weighted by molar-refractivity contribution is 0.00732. The number of Topliss-reactive ketones (excluding diaryl/α,β-unsaturated/α-hetero) is 1. The van der Waals surface area contributed by atoms with Crippen molar-refractivity contribution in [3.63, 3.8) is 0 Å². The van der Waals surface area contributed by atoms with Gasteiger partial charge in [-0.3, -0.25) is 9.69 Å². The van der Waals surface area contributed by atoms with Crippen LogP contribution in [0.3, 0.4) is 0 Å². The van der Waals surface area contributed by atoms with Gasteiger partial charge in [0, 0.05) is 23.7 Å². The predicted octanol–water partition coefficient (Wildman–Crippen LogP) is 7.81. The van der Waals surface area contributed by atoms with Crippen LogP contribution in [0.1, 0.15) is 105 Å². The molecule has 1 fully saturated rings. The summed E-state index contributed by atoms with van der Waals surface area (Å²) in [6.45, 7) is 22.3. The van der Waals surface area contributed by atoms with Gasteiger partial charge < -0.3 is 8.97 Å². The van der Waals surface area contributed by atoms with Crippen molar-refractivity contribution in [1.29, 1.82) is 0 Å². The lowest BCUT2D eigenvalue weighted by atomic mass is 9.83. The number of pyridine rings is 1. The Morgan fingerprint density at radius 1 is 1.11 bits per heavy atom. The number of nitrogens with zero attached hydrogens (tertiary/aromatic N) is 3. The van der Waals surface area contributed by atoms with Crippen LogP contribution in [0.15, 0.2) is 24.5 Å². The minimum absolute atomic E-state index is 0.0186. The molecule has 0 saturated carbocycles. The van der Waals surface area contributed by atoms with E-state index in [1.165, 1.54) is 0 Å². The summed E-state index contributed by atoms with van der Waals surface area (Å²) in [5.41, 5.74) is 1.70. The Hall–Kier alpha value is -2.15. The van der Waals surface area contributed by atoms with Crippen molar-refractivity contribution < 1.29 is 14.3 Å². The first kappa shape index (κ1) is 28.4. The molecule has 200 valence electrons. The van der Waals surface area contributed by atoms with Gasteiger partial charge in [0.15, 0.2) is 14.0 Å². The van der Waals surface area contributed by atoms with Gasteiger partial charge in [0.05, 0.1) is 0 Å². The smallest absolute Gasteiger partial charge is 0.411 e. The predicted molar refractivity (Wildman–Crippen MR) is 150 cm³/mol. The molecule has 0 aliphatic carbocycles. The minimum Gasteiger partial charge on any atom is -0.444 e. The Morgan fingerprint density at radius 3 is 2.25 bits per heavy atom. The summed E-state index contributed by atoms with van der Waals surface area (Å²) in [6.07, 6.45) is 6.41. The van der Waals surface area contributed by atoms with Crippen LogP contribution in [0.25, 0.3) is 11.0 Å². The standard InChI is InChI=1S/C29H47N3O3Si/c1-11-14-29(15-12-16-31(29)27(34)35-28(8,9)10)25(33)24-18-23-13-17-32(26(23)30-19-24)36(20(2)3,21(4)5)22(6)7/h13,17-22H,11-12,14-16H2,1-10H3. The molecule has 0 N–H and O–H groups in total. The SMILES string of the molecule is CCCC1(C(=O)c2cnc3c(ccn3[Si](C(C)C)(C(C)C)C(C)C)c2)CCCN1C(=O)OC(C)(C)C. The first-order valence-corrected chi connectivity index (χ1v) is 15.9. The molecule has 1 amide bonds. The van der Waals surface area contributed by atoms with Crippen LogP contribution < -0.4 is 0 Å². The third kappa shape index (κ3) is 4.75. The van der Waals surface area contributed by atoms with Gasteiger partial charge in [-0.2, -0.15) is 0 Å². The molecule has 3 rings (SSSR count). The van der Waals surface area contributed by atoms with E-state index < -0.39 is 25.5 Å². The highest BCUT2D eigenvalue weighted by molar-refractivity contribution is 6.82. The topological polar surface area (TPSA) is 64.4 Å². The molecule has 1 saturated heterocycles. The first-order chi connectivity index (χ1) is 16.7. The van der Waals surface area contributed by atoms with E-state index in [4.69, 9.17) is 9.72 Å². The summed E-state index contributed by atoms with van der Waals surface area (Å²) in [5, 5.41) is 0.994. The van der Waals surface area contributed by atoms with E-state index in [1.807, 2.05) is 26.8 Å². The highest BCUT2D eigenvalue weighted by Crippen LogP contribution is 2.44. The highest BCUT2D eigenvalue weighted by atomic mass is 28.3. The second-order valence-electron chi connectivity index (χ2n) is 12.5. The summed E-state index contributed by atoms with van der Waals surface area (Å²) in [6, 6.07) is 4.10. The number of hydrogen-bond acceptors (Lipinski definition) is 4. The van der Waals surface area contributed by atoms with Crippen molar-refractivity contribution in [3.8, 4) is 0 Å². The summed E-state index contributed by atoms with van der Waals surface area (Å²) < 4.78 is 8.18. The van der Waals surface area contributed by atoms with Gasteiger partial charge in [0.1, 0.15) is 16.8 Å². The molecule has 0 radical (unpaired) electrons. The maximum Gasteiger partial charge on any atom is 0.411 e. The van der Waals surface area contributed by atoms with Crippen LogP contribution >= 0.6 is 0 Å². The summed E-state index contributed by atoms with van der Waals surface area (Å²) in [7, 11) is -1.96. The van der Waals surface area contributed by atoms with Crippen molar-refractivity contribution >= 4 is 31.1 Å². The number of aromatic nitrogens is 2. The fourth-order valence-corrected chi connectivity index (χ4v) is 13.6. The quantitative estimate of drug-likeness (QED) is 0.267. The zero-order valence-corrected chi connectivity index (χ0v) is 25.1. The molecule has 2 aromatic heterocycles. The molecule has 0 aromatic carbocycles. The second-order valence-corrected chi connectivity index (χ2v) is 18.2. The Kier molecular flexibility index (Phi) is 8.14. The fourth-order valence-electron chi connectivity index (χ4n) is 7.05. The molecular formula is C29H47N3O3Si. The van der Waals surface area contributed by atoms with Gasteiger partial charge in [-0.15, -0.1) is 0 Å². The van der Waals surface area contributed by atoms with Gasteiger partial charge in [0.25, 0.3) is 0 Å². The van der Waals surface area contributed by atoms with E-state index >= 15 is 0 Å². The maximum atomic E-state index is 14.1. The molecule has 1 aliphatic rings. The van der Waals surface area contributed by atoms with Crippen LogP contribution in [0, 0.1) is 0 Å². The van der Waals surface area contributed by atoms with Crippen LogP contribution in [0.4, 0.5) is 4.79 Å². The van der Waals surface area contributed by atoms with Gasteiger partial charge in [-0.05, 0) is 75.0 Å². The van der Waals surface area contributed by atoms with E-state index in [2.05, 4.69) is 65.0 Å². The molecule has 7 heteroatoms. The highest BCUT2D eigenvalue weighted by Gasteiger charge is 2.50. The Balaban J connectivity index is 2.07. The molecule has 0 spiro atoms. The van der Waals surface area contributed by atoms with Crippen molar-refractivity contribution in [3.05, 3.63) is 30.1 Å². The van der Waals surface area contributed by atoms with Crippen LogP contribution in [-0.4, -0.2) is 51.9 Å². The Labute approximate surface area is 218 Å². The van der Waals surface area contributed by atoms with E-state index in [0.29, 0.717) is 41.6 Å². The molecule has 3 heterocycles. The normalized spacial score (nSPS) is 19.2. The van der Waals surface area contributed by atoms with Gasteiger partial charge in [-0.1, -0.05) is 54.9 Å². The number of carbonyl (C=O) groups excluding carboxylic acids is 2. The van der Waals surface area contributed by atoms with E-state index in [1.54, 1.807) is 11.1 Å². The number of carbonyl (C=O) groups is 2. The Bertz CT molecular complexity index is 1080. The molecular weight excluding hydrogens is 466 g/mol. The third-order valence-corrected chi connectivity index (χ3v) is 14.9. The number of ketones is 1. The molecule has 1 aliphatic heterocycles. The van der Waals surface area contributed by atoms with Crippen molar-refractivity contribution in [2.75, 3.05) is 6.54 Å². The van der Waals surface area contributed by atoms with Gasteiger partial charge in [-0.25, -0.2) is 9.78 Å². The lowest BCUT2D eigenvalue weighted by Gasteiger charge is -2.44. The Morgan fingerprint density at radius 2 is 1.72 bits per heavy atom. The molecule has 1 unspecified atom stereocenters. The fraction of sp³-hybridized carbons (Fsp3) is 0.690. The average Bonchev–Trinajstić information content (AvgIpc) is 3.37. The van der Waals surface area contributed by atoms with Crippen molar-refractivity contribution in [1.82, 2.24) is 14.1 Å². The van der Waals surface area contributed by atoms with Crippen molar-refractivity contribution in [2.24, 2.45) is 0 Å². The van der Waals surface area contributed by atoms with Gasteiger partial charge >= 0.3 is 6.09 Å². The van der Waals surface area contributed by atoms with Gasteiger partial charge in [0.2, 0.25) is 0 Å². The number of hydrogen-bond donors (Lipinski definition) is 0. The van der Waals surface area contributed by atoms with Crippen LogP contribution in [0.2, 0.25) is 16.6 Å². The minimum atomic E-state index is -1.96. The van der Waals surface area contributed by atoms with Crippen molar-refractivity contribution in [2.45, 2.75) is 123 Å². The monoisotopic (exact) mass is 513 g/mol. The lowest BCUT2D eigenvalue weighted by Crippen LogP contribution is -2.54. The number of likely N-dealkylation sites (tertiary alicyclic amines) is 1. The number of ether oxygens (including phenoxy) is 1. The number of rotatable bonds is 8. The largest absolute Gasteiger partial charge is 0.444 e. The first-order valence-electron chi connectivity index (χ1n) is 13.7. The summed E-state index contributed by atoms with van der Waals surface area (Å²) in [5.74, 6) is -0.0186. The molecule has 1 atom stereocenters. The third-order valence-electron chi connectivity index (χ3n) is 8.17.